The first-order valence-corrected chi connectivity index (χ1v) is 11.1. The lowest BCUT2D eigenvalue weighted by molar-refractivity contribution is -0.136. The second-order valence-electron chi connectivity index (χ2n) is 7.78. The van der Waals surface area contributed by atoms with Crippen LogP contribution in [0.5, 0.6) is 0 Å². The summed E-state index contributed by atoms with van der Waals surface area (Å²) in [5.74, 6) is -5.59. The molecule has 30 heavy (non-hydrogen) atoms. The molecule has 2 rings (SSSR count). The molecule has 7 nitrogen and oxygen atoms in total. The van der Waals surface area contributed by atoms with Gasteiger partial charge in [-0.15, -0.1) is 11.3 Å². The van der Waals surface area contributed by atoms with Crippen LogP contribution < -0.4 is 10.6 Å². The van der Waals surface area contributed by atoms with E-state index in [9.17, 15) is 23.2 Å². The molecule has 1 aliphatic rings. The number of carbonyl (C=O) groups excluding carboxylic acids is 3. The molecule has 2 N–H and O–H groups in total. The smallest absolute Gasteiger partial charge is 0.254 e. The number of likely N-dealkylation sites (tertiary alicyclic amines) is 1. The quantitative estimate of drug-likeness (QED) is 0.676. The molecule has 1 aromatic heterocycles. The molecule has 0 spiro atoms. The minimum Gasteiger partial charge on any atom is -0.355 e. The molecule has 0 aromatic carbocycles. The van der Waals surface area contributed by atoms with E-state index in [-0.39, 0.29) is 43.8 Å². The van der Waals surface area contributed by atoms with Crippen LogP contribution in [0.25, 0.3) is 0 Å². The highest BCUT2D eigenvalue weighted by Gasteiger charge is 2.43. The highest BCUT2D eigenvalue weighted by molar-refractivity contribution is 7.09. The van der Waals surface area contributed by atoms with Crippen LogP contribution in [0.3, 0.4) is 0 Å². The Morgan fingerprint density at radius 2 is 2.07 bits per heavy atom. The molecule has 0 radical (unpaired) electrons. The monoisotopic (exact) mass is 444 g/mol. The van der Waals surface area contributed by atoms with E-state index in [1.54, 1.807) is 13.8 Å². The van der Waals surface area contributed by atoms with E-state index in [0.717, 1.165) is 5.69 Å². The fraction of sp³-hybridized carbons (Fsp3) is 0.700. The first kappa shape index (κ1) is 24.2. The maximum Gasteiger partial charge on any atom is 0.254 e. The van der Waals surface area contributed by atoms with Gasteiger partial charge in [0.1, 0.15) is 11.0 Å². The summed E-state index contributed by atoms with van der Waals surface area (Å²) in [4.78, 5) is 42.0. The number of alkyl halides is 2. The number of amides is 3. The molecule has 10 heteroatoms. The molecule has 3 atom stereocenters. The Balaban J connectivity index is 1.96. The highest BCUT2D eigenvalue weighted by atomic mass is 32.1. The van der Waals surface area contributed by atoms with E-state index in [4.69, 9.17) is 0 Å². The summed E-state index contributed by atoms with van der Waals surface area (Å²) in [5, 5.41) is 7.70. The maximum absolute atomic E-state index is 14.7. The van der Waals surface area contributed by atoms with E-state index in [2.05, 4.69) is 15.6 Å². The van der Waals surface area contributed by atoms with Crippen molar-refractivity contribution in [3.05, 3.63) is 16.1 Å². The third-order valence-corrected chi connectivity index (χ3v) is 6.52. The molecule has 1 aromatic rings. The Hall–Kier alpha value is -2.10. The molecule has 168 valence electrons. The van der Waals surface area contributed by atoms with Crippen molar-refractivity contribution in [2.45, 2.75) is 64.8 Å². The predicted molar refractivity (Wildman–Crippen MR) is 110 cm³/mol. The summed E-state index contributed by atoms with van der Waals surface area (Å²) in [6.45, 7) is 6.53. The Labute approximate surface area is 179 Å². The first-order chi connectivity index (χ1) is 14.0. The van der Waals surface area contributed by atoms with Crippen LogP contribution in [-0.4, -0.2) is 59.2 Å². The Bertz CT molecular complexity index is 771. The maximum atomic E-state index is 14.7. The van der Waals surface area contributed by atoms with Crippen molar-refractivity contribution in [3.63, 3.8) is 0 Å². The summed E-state index contributed by atoms with van der Waals surface area (Å²) in [5.41, 5.74) is 0.819. The number of aromatic nitrogens is 1. The third-order valence-electron chi connectivity index (χ3n) is 5.38. The zero-order valence-electron chi connectivity index (χ0n) is 17.8. The van der Waals surface area contributed by atoms with E-state index >= 15 is 0 Å². The summed E-state index contributed by atoms with van der Waals surface area (Å²) in [6, 6.07) is -0.713. The van der Waals surface area contributed by atoms with Gasteiger partial charge in [-0.05, 0) is 26.7 Å². The van der Waals surface area contributed by atoms with E-state index in [0.29, 0.717) is 11.4 Å². The predicted octanol–water partition coefficient (Wildman–Crippen LogP) is 2.46. The van der Waals surface area contributed by atoms with Gasteiger partial charge in [0.15, 0.2) is 0 Å². The minimum atomic E-state index is -3.00. The molecule has 1 fully saturated rings. The van der Waals surface area contributed by atoms with Crippen LogP contribution in [-0.2, 0) is 14.4 Å². The number of rotatable bonds is 7. The molecule has 0 aliphatic carbocycles. The van der Waals surface area contributed by atoms with E-state index in [1.165, 1.54) is 23.2 Å². The highest BCUT2D eigenvalue weighted by Crippen LogP contribution is 2.34. The Morgan fingerprint density at radius 3 is 2.63 bits per heavy atom. The zero-order chi connectivity index (χ0) is 22.5. The number of hydrogen-bond donors (Lipinski definition) is 2. The van der Waals surface area contributed by atoms with Gasteiger partial charge in [0, 0.05) is 50.0 Å². The lowest BCUT2D eigenvalue weighted by Crippen LogP contribution is -2.48. The van der Waals surface area contributed by atoms with Crippen molar-refractivity contribution in [2.75, 3.05) is 19.6 Å². The molecule has 1 saturated heterocycles. The lowest BCUT2D eigenvalue weighted by atomic mass is 9.96. The van der Waals surface area contributed by atoms with E-state index in [1.807, 2.05) is 12.3 Å². The zero-order valence-corrected chi connectivity index (χ0v) is 18.7. The van der Waals surface area contributed by atoms with Gasteiger partial charge in [-0.2, -0.15) is 0 Å². The normalized spacial score (nSPS) is 20.7. The van der Waals surface area contributed by atoms with Gasteiger partial charge in [0.25, 0.3) is 5.92 Å². The molecule has 1 aliphatic heterocycles. The molecule has 3 amide bonds. The molecule has 3 unspecified atom stereocenters. The molecule has 2 heterocycles. The number of carbonyl (C=O) groups is 3. The average molecular weight is 445 g/mol. The Kier molecular flexibility index (Phi) is 8.28. The van der Waals surface area contributed by atoms with Gasteiger partial charge in [0.05, 0.1) is 5.92 Å². The average Bonchev–Trinajstić information content (AvgIpc) is 3.05. The summed E-state index contributed by atoms with van der Waals surface area (Å²) < 4.78 is 29.3. The molecule has 0 saturated carbocycles. The largest absolute Gasteiger partial charge is 0.355 e. The topological polar surface area (TPSA) is 91.4 Å². The first-order valence-electron chi connectivity index (χ1n) is 10.2. The Morgan fingerprint density at radius 1 is 1.37 bits per heavy atom. The second kappa shape index (κ2) is 10.3. The number of nitrogens with one attached hydrogen (secondary N) is 2. The van der Waals surface area contributed by atoms with Crippen LogP contribution in [0.2, 0.25) is 0 Å². The fourth-order valence-corrected chi connectivity index (χ4v) is 4.31. The molecule has 0 bridgehead atoms. The number of hydrogen-bond acceptors (Lipinski definition) is 5. The van der Waals surface area contributed by atoms with Crippen molar-refractivity contribution >= 4 is 29.1 Å². The number of thiazole rings is 1. The second-order valence-corrected chi connectivity index (χ2v) is 8.67. The number of aryl methyl sites for hydroxylation is 1. The van der Waals surface area contributed by atoms with Crippen LogP contribution in [0, 0.1) is 12.8 Å². The van der Waals surface area contributed by atoms with Crippen molar-refractivity contribution in [1.29, 1.82) is 0 Å². The van der Waals surface area contributed by atoms with Gasteiger partial charge >= 0.3 is 0 Å². The summed E-state index contributed by atoms with van der Waals surface area (Å²) in [7, 11) is 0. The summed E-state index contributed by atoms with van der Waals surface area (Å²) >= 11 is 1.37. The minimum absolute atomic E-state index is 0.0697. The third kappa shape index (κ3) is 6.20. The van der Waals surface area contributed by atoms with Crippen molar-refractivity contribution in [3.8, 4) is 0 Å². The van der Waals surface area contributed by atoms with Crippen LogP contribution in [0.15, 0.2) is 5.38 Å². The standard InChI is InChI=1S/C20H30F2N4O3S/c1-5-16(25-14(4)27)19(29)26-8-6-15(20(21,22)7-9-26)10-23-17(28)13(3)18-24-12(2)11-30-18/h11,13,15-16H,5-10H2,1-4H3,(H,23,28)(H,25,27). The molecular weight excluding hydrogens is 414 g/mol. The van der Waals surface area contributed by atoms with Crippen molar-refractivity contribution in [2.24, 2.45) is 5.92 Å². The van der Waals surface area contributed by atoms with Crippen molar-refractivity contribution in [1.82, 2.24) is 20.5 Å². The van der Waals surface area contributed by atoms with Crippen LogP contribution >= 0.6 is 11.3 Å². The number of nitrogens with zero attached hydrogens (tertiary/aromatic N) is 2. The van der Waals surface area contributed by atoms with Gasteiger partial charge in [-0.1, -0.05) is 6.92 Å². The van der Waals surface area contributed by atoms with Gasteiger partial charge in [-0.3, -0.25) is 14.4 Å². The van der Waals surface area contributed by atoms with Crippen LogP contribution in [0.1, 0.15) is 56.7 Å². The summed E-state index contributed by atoms with van der Waals surface area (Å²) in [6.07, 6.45) is -0.0177. The number of halogens is 2. The SMILES string of the molecule is CCC(NC(C)=O)C(=O)N1CCC(CNC(=O)C(C)c2nc(C)cs2)C(F)(F)CC1. The fourth-order valence-electron chi connectivity index (χ4n) is 3.46. The van der Waals surface area contributed by atoms with Gasteiger partial charge in [-0.25, -0.2) is 13.8 Å². The van der Waals surface area contributed by atoms with Crippen LogP contribution in [0.4, 0.5) is 8.78 Å². The van der Waals surface area contributed by atoms with Crippen molar-refractivity contribution < 1.29 is 23.2 Å². The lowest BCUT2D eigenvalue weighted by Gasteiger charge is -2.25. The van der Waals surface area contributed by atoms with E-state index < -0.39 is 30.2 Å². The molecular formula is C20H30F2N4O3S. The van der Waals surface area contributed by atoms with Gasteiger partial charge in [0.2, 0.25) is 17.7 Å². The van der Waals surface area contributed by atoms with Gasteiger partial charge < -0.3 is 15.5 Å².